The van der Waals surface area contributed by atoms with Gasteiger partial charge in [0.25, 0.3) is 0 Å². The lowest BCUT2D eigenvalue weighted by Crippen LogP contribution is -2.36. The molecule has 1 heterocycles. The van der Waals surface area contributed by atoms with Crippen molar-refractivity contribution in [2.24, 2.45) is 12.0 Å². The fraction of sp³-hybridized carbons (Fsp3) is 0.400. The molecule has 0 fully saturated rings. The van der Waals surface area contributed by atoms with E-state index in [2.05, 4.69) is 37.8 Å². The number of methoxy groups -OCH3 is 1. The molecule has 0 aliphatic carbocycles. The molecule has 118 valence electrons. The average Bonchev–Trinajstić information content (AvgIpc) is 2.93. The van der Waals surface area contributed by atoms with Gasteiger partial charge in [-0.2, -0.15) is 5.10 Å². The summed E-state index contributed by atoms with van der Waals surface area (Å²) in [7, 11) is 5.30. The van der Waals surface area contributed by atoms with E-state index >= 15 is 0 Å². The zero-order chi connectivity index (χ0) is 15.8. The number of ether oxygens (including phenoxy) is 1. The lowest BCUT2D eigenvalue weighted by Gasteiger charge is -2.12. The van der Waals surface area contributed by atoms with Crippen molar-refractivity contribution < 1.29 is 4.74 Å². The second-order valence-electron chi connectivity index (χ2n) is 4.83. The third-order valence-corrected chi connectivity index (χ3v) is 3.21. The summed E-state index contributed by atoms with van der Waals surface area (Å²) in [6, 6.07) is 8.27. The number of nitrogens with one attached hydrogen (secondary N) is 2. The Labute approximate surface area is 130 Å². The number of hydrogen-bond donors (Lipinski definition) is 2. The van der Waals surface area contributed by atoms with Crippen LogP contribution in [0.25, 0.3) is 0 Å². The smallest absolute Gasteiger partial charge is 0.191 e. The minimum absolute atomic E-state index is 0.569. The van der Waals surface area contributed by atoms with Crippen molar-refractivity contribution >= 4 is 5.96 Å². The summed E-state index contributed by atoms with van der Waals surface area (Å²) in [5.41, 5.74) is 2.33. The zero-order valence-corrected chi connectivity index (χ0v) is 13.2. The molecule has 0 saturated heterocycles. The molecule has 0 spiro atoms. The lowest BCUT2D eigenvalue weighted by molar-refractivity contribution is 0.185. The predicted molar refractivity (Wildman–Crippen MR) is 85.2 cm³/mol. The molecule has 0 unspecified atom stereocenters. The van der Waals surface area contributed by atoms with E-state index in [0.717, 1.165) is 17.3 Å². The van der Waals surface area contributed by atoms with E-state index in [1.54, 1.807) is 18.8 Å². The molecule has 0 aliphatic heterocycles. The lowest BCUT2D eigenvalue weighted by atomic mass is 10.1. The highest BCUT2D eigenvalue weighted by molar-refractivity contribution is 5.79. The highest BCUT2D eigenvalue weighted by atomic mass is 16.5. The number of aryl methyl sites for hydroxylation is 1. The fourth-order valence-corrected chi connectivity index (χ4v) is 2.05. The summed E-state index contributed by atoms with van der Waals surface area (Å²) in [6.07, 6.45) is 1.54. The Balaban J connectivity index is 1.86. The van der Waals surface area contributed by atoms with Gasteiger partial charge in [0.1, 0.15) is 12.2 Å². The number of aromatic nitrogens is 3. The van der Waals surface area contributed by atoms with Gasteiger partial charge in [0.05, 0.1) is 13.2 Å². The van der Waals surface area contributed by atoms with Gasteiger partial charge in [-0.15, -0.1) is 0 Å². The summed E-state index contributed by atoms with van der Waals surface area (Å²) in [5, 5.41) is 10.5. The molecule has 2 aromatic rings. The van der Waals surface area contributed by atoms with Crippen LogP contribution in [0.2, 0.25) is 0 Å². The molecule has 0 atom stereocenters. The van der Waals surface area contributed by atoms with Crippen LogP contribution in [0.1, 0.15) is 17.0 Å². The topological polar surface area (TPSA) is 76.4 Å². The Morgan fingerprint density at radius 2 is 2.05 bits per heavy atom. The highest BCUT2D eigenvalue weighted by Crippen LogP contribution is 2.06. The van der Waals surface area contributed by atoms with E-state index < -0.39 is 0 Å². The van der Waals surface area contributed by atoms with E-state index in [1.807, 2.05) is 19.2 Å². The number of aliphatic imine (C=N–C) groups is 1. The molecule has 0 amide bonds. The van der Waals surface area contributed by atoms with Crippen molar-refractivity contribution in [1.82, 2.24) is 25.4 Å². The van der Waals surface area contributed by atoms with Gasteiger partial charge >= 0.3 is 0 Å². The molecule has 22 heavy (non-hydrogen) atoms. The van der Waals surface area contributed by atoms with Crippen LogP contribution in [-0.2, 0) is 31.5 Å². The minimum Gasteiger partial charge on any atom is -0.380 e. The van der Waals surface area contributed by atoms with E-state index in [0.29, 0.717) is 19.7 Å². The molecule has 0 radical (unpaired) electrons. The normalized spacial score (nSPS) is 11.5. The molecule has 7 heteroatoms. The Kier molecular flexibility index (Phi) is 5.91. The molecule has 2 rings (SSSR count). The molecule has 0 aliphatic rings. The second-order valence-corrected chi connectivity index (χ2v) is 4.83. The van der Waals surface area contributed by atoms with Crippen molar-refractivity contribution in [3.05, 3.63) is 47.5 Å². The first-order chi connectivity index (χ1) is 10.7. The molecule has 0 bridgehead atoms. The molecule has 1 aromatic heterocycles. The first-order valence-corrected chi connectivity index (χ1v) is 7.07. The maximum Gasteiger partial charge on any atom is 0.191 e. The Bertz CT molecular complexity index is 622. The predicted octanol–water partition coefficient (Wildman–Crippen LogP) is 0.827. The molecule has 1 aromatic carbocycles. The Morgan fingerprint density at radius 1 is 1.27 bits per heavy atom. The fourth-order valence-electron chi connectivity index (χ4n) is 2.05. The quantitative estimate of drug-likeness (QED) is 0.610. The number of nitrogens with zero attached hydrogens (tertiary/aromatic N) is 4. The van der Waals surface area contributed by atoms with Gasteiger partial charge in [-0.3, -0.25) is 9.67 Å². The first kappa shape index (κ1) is 16.0. The first-order valence-electron chi connectivity index (χ1n) is 7.07. The maximum absolute atomic E-state index is 5.15. The van der Waals surface area contributed by atoms with E-state index in [1.165, 1.54) is 11.9 Å². The SMILES string of the molecule is CN=C(NCc1cccc(COC)c1)NCc1ncnn1C. The third-order valence-electron chi connectivity index (χ3n) is 3.21. The monoisotopic (exact) mass is 302 g/mol. The van der Waals surface area contributed by atoms with E-state index in [9.17, 15) is 0 Å². The molecule has 2 N–H and O–H groups in total. The van der Waals surface area contributed by atoms with Gasteiger partial charge in [-0.05, 0) is 11.1 Å². The van der Waals surface area contributed by atoms with Crippen LogP contribution >= 0.6 is 0 Å². The van der Waals surface area contributed by atoms with Crippen LogP contribution < -0.4 is 10.6 Å². The highest BCUT2D eigenvalue weighted by Gasteiger charge is 2.03. The number of hydrogen-bond acceptors (Lipinski definition) is 4. The van der Waals surface area contributed by atoms with Gasteiger partial charge in [-0.1, -0.05) is 24.3 Å². The van der Waals surface area contributed by atoms with Gasteiger partial charge < -0.3 is 15.4 Å². The van der Waals surface area contributed by atoms with Crippen molar-refractivity contribution in [3.63, 3.8) is 0 Å². The van der Waals surface area contributed by atoms with Crippen molar-refractivity contribution in [2.45, 2.75) is 19.7 Å². The van der Waals surface area contributed by atoms with E-state index in [4.69, 9.17) is 4.74 Å². The number of guanidine groups is 1. The Hall–Kier alpha value is -2.41. The summed E-state index contributed by atoms with van der Waals surface area (Å²) in [4.78, 5) is 8.37. The van der Waals surface area contributed by atoms with Crippen LogP contribution in [0, 0.1) is 0 Å². The number of rotatable bonds is 6. The van der Waals surface area contributed by atoms with Crippen LogP contribution in [0.4, 0.5) is 0 Å². The zero-order valence-electron chi connectivity index (χ0n) is 13.2. The van der Waals surface area contributed by atoms with Gasteiger partial charge in [0.2, 0.25) is 0 Å². The second kappa shape index (κ2) is 8.14. The van der Waals surface area contributed by atoms with Gasteiger partial charge in [0, 0.05) is 27.7 Å². The molecular weight excluding hydrogens is 280 g/mol. The largest absolute Gasteiger partial charge is 0.380 e. The van der Waals surface area contributed by atoms with Gasteiger partial charge in [0.15, 0.2) is 5.96 Å². The maximum atomic E-state index is 5.15. The number of benzene rings is 1. The molecule has 0 saturated carbocycles. The van der Waals surface area contributed by atoms with Crippen LogP contribution in [0.15, 0.2) is 35.6 Å². The Morgan fingerprint density at radius 3 is 2.73 bits per heavy atom. The van der Waals surface area contributed by atoms with Gasteiger partial charge in [-0.25, -0.2) is 4.98 Å². The van der Waals surface area contributed by atoms with Crippen molar-refractivity contribution in [1.29, 1.82) is 0 Å². The summed E-state index contributed by atoms with van der Waals surface area (Å²) >= 11 is 0. The van der Waals surface area contributed by atoms with Crippen LogP contribution in [0.5, 0.6) is 0 Å². The van der Waals surface area contributed by atoms with Crippen molar-refractivity contribution in [3.8, 4) is 0 Å². The van der Waals surface area contributed by atoms with Crippen LogP contribution in [-0.4, -0.2) is 34.9 Å². The molecular formula is C15H22N6O. The summed E-state index contributed by atoms with van der Waals surface area (Å²) in [6.45, 7) is 1.88. The van der Waals surface area contributed by atoms with Crippen molar-refractivity contribution in [2.75, 3.05) is 14.2 Å². The van der Waals surface area contributed by atoms with E-state index in [-0.39, 0.29) is 0 Å². The third kappa shape index (κ3) is 4.56. The standard InChI is InChI=1S/C15H22N6O/c1-16-15(18-9-14-19-11-20-21(14)2)17-8-12-5-4-6-13(7-12)10-22-3/h4-7,11H,8-10H2,1-3H3,(H2,16,17,18). The van der Waals surface area contributed by atoms with Crippen LogP contribution in [0.3, 0.4) is 0 Å². The minimum atomic E-state index is 0.569. The summed E-state index contributed by atoms with van der Waals surface area (Å²) < 4.78 is 6.88. The average molecular weight is 302 g/mol. The molecule has 7 nitrogen and oxygen atoms in total. The summed E-state index contributed by atoms with van der Waals surface area (Å²) in [5.74, 6) is 1.57.